The molecule has 0 aliphatic rings. The van der Waals surface area contributed by atoms with Crippen molar-refractivity contribution >= 4 is 0 Å². The Hall–Kier alpha value is -1.10. The summed E-state index contributed by atoms with van der Waals surface area (Å²) in [4.78, 5) is 0. The summed E-state index contributed by atoms with van der Waals surface area (Å²) in [5, 5.41) is 13.8. The molecule has 12 N–H and O–H groups in total. The maximum absolute atomic E-state index is 6.39. The lowest BCUT2D eigenvalue weighted by Gasteiger charge is -2.15. The Morgan fingerprint density at radius 3 is 1.35 bits per heavy atom. The van der Waals surface area contributed by atoms with E-state index < -0.39 is 0 Å². The summed E-state index contributed by atoms with van der Waals surface area (Å²) in [6.45, 7) is 9.58. The second-order valence-electron chi connectivity index (χ2n) is 9.32. The summed E-state index contributed by atoms with van der Waals surface area (Å²) in [6, 6.07) is 9.12. The van der Waals surface area contributed by atoms with Crippen LogP contribution < -0.4 is 44.2 Å². The predicted molar refractivity (Wildman–Crippen MR) is 147 cm³/mol. The number of benzene rings is 1. The van der Waals surface area contributed by atoms with Gasteiger partial charge < -0.3 is 44.2 Å². The zero-order chi connectivity index (χ0) is 24.7. The molecule has 1 aromatic carbocycles. The van der Waals surface area contributed by atoms with Gasteiger partial charge in [0.1, 0.15) is 0 Å². The highest BCUT2D eigenvalue weighted by Gasteiger charge is 2.08. The lowest BCUT2D eigenvalue weighted by Crippen LogP contribution is -2.30. The normalized spacial score (nSPS) is 13.3. The molecule has 0 heterocycles. The van der Waals surface area contributed by atoms with E-state index in [2.05, 4.69) is 45.5 Å². The first-order valence-corrected chi connectivity index (χ1v) is 13.5. The molecule has 0 aliphatic carbocycles. The molecule has 0 saturated heterocycles. The quantitative estimate of drug-likeness (QED) is 0.0970. The molecule has 0 bridgehead atoms. The van der Waals surface area contributed by atoms with Gasteiger partial charge >= 0.3 is 0 Å². The van der Waals surface area contributed by atoms with E-state index in [0.717, 1.165) is 117 Å². The van der Waals surface area contributed by atoms with Crippen LogP contribution in [0.4, 0.5) is 0 Å². The van der Waals surface area contributed by atoms with Crippen LogP contribution in [0, 0.1) is 0 Å². The van der Waals surface area contributed by atoms with Crippen molar-refractivity contribution in [2.24, 2.45) is 22.9 Å². The van der Waals surface area contributed by atoms with Gasteiger partial charge in [0.25, 0.3) is 0 Å². The van der Waals surface area contributed by atoms with E-state index in [1.807, 2.05) is 0 Å². The van der Waals surface area contributed by atoms with E-state index >= 15 is 0 Å². The van der Waals surface area contributed by atoms with Crippen molar-refractivity contribution in [2.75, 3.05) is 65.4 Å². The molecular formula is C26H54N8. The molecule has 2 unspecified atom stereocenters. The Balaban J connectivity index is 2.11. The highest BCUT2D eigenvalue weighted by atomic mass is 14.9. The third-order valence-electron chi connectivity index (χ3n) is 5.90. The van der Waals surface area contributed by atoms with Gasteiger partial charge in [-0.05, 0) is 128 Å². The molecule has 1 aromatic rings. The lowest BCUT2D eigenvalue weighted by atomic mass is 9.98. The van der Waals surface area contributed by atoms with Crippen molar-refractivity contribution in [2.45, 2.75) is 63.5 Å². The number of hydrogen-bond acceptors (Lipinski definition) is 8. The van der Waals surface area contributed by atoms with E-state index in [9.17, 15) is 0 Å². The van der Waals surface area contributed by atoms with Gasteiger partial charge in [-0.1, -0.05) is 24.3 Å². The first-order valence-electron chi connectivity index (χ1n) is 13.5. The standard InChI is InChI=1S/C26H54N8/c27-10-2-12-31-14-4-16-33-18-8-25(29)21-23-6-1-7-24(20-23)22-26(30)9-19-34-17-5-15-32-13-3-11-28/h1,6-7,20,25-26,31-34H,2-5,8-19,21-22,27-30H2. The molecular weight excluding hydrogens is 424 g/mol. The fourth-order valence-electron chi connectivity index (χ4n) is 3.90. The van der Waals surface area contributed by atoms with Gasteiger partial charge in [-0.3, -0.25) is 0 Å². The Kier molecular flexibility index (Phi) is 20.3. The maximum Gasteiger partial charge on any atom is 0.00914 e. The molecule has 0 radical (unpaired) electrons. The maximum atomic E-state index is 6.39. The van der Waals surface area contributed by atoms with Crippen molar-refractivity contribution in [3.63, 3.8) is 0 Å². The minimum atomic E-state index is 0.174. The molecule has 8 nitrogen and oxygen atoms in total. The third kappa shape index (κ3) is 18.3. The fraction of sp³-hybridized carbons (Fsp3) is 0.769. The predicted octanol–water partition coefficient (Wildman–Crippen LogP) is 0.0426. The Bertz CT molecular complexity index is 526. The van der Waals surface area contributed by atoms with Crippen LogP contribution >= 0.6 is 0 Å². The number of nitrogens with one attached hydrogen (secondary N) is 4. The molecule has 0 spiro atoms. The molecule has 0 aliphatic heterocycles. The highest BCUT2D eigenvalue weighted by Crippen LogP contribution is 2.11. The Labute approximate surface area is 208 Å². The fourth-order valence-corrected chi connectivity index (χ4v) is 3.90. The van der Waals surface area contributed by atoms with Gasteiger partial charge in [0.2, 0.25) is 0 Å². The van der Waals surface area contributed by atoms with E-state index in [1.165, 1.54) is 11.1 Å². The van der Waals surface area contributed by atoms with Crippen LogP contribution in [0.5, 0.6) is 0 Å². The number of rotatable bonds is 24. The minimum Gasteiger partial charge on any atom is -0.330 e. The zero-order valence-electron chi connectivity index (χ0n) is 21.5. The van der Waals surface area contributed by atoms with Crippen molar-refractivity contribution in [1.29, 1.82) is 0 Å². The zero-order valence-corrected chi connectivity index (χ0v) is 21.5. The first-order chi connectivity index (χ1) is 16.7. The summed E-state index contributed by atoms with van der Waals surface area (Å²) < 4.78 is 0. The van der Waals surface area contributed by atoms with Crippen LogP contribution in [-0.4, -0.2) is 77.5 Å². The van der Waals surface area contributed by atoms with Gasteiger partial charge in [0, 0.05) is 12.1 Å². The Morgan fingerprint density at radius 1 is 0.559 bits per heavy atom. The molecule has 2 atom stereocenters. The molecule has 0 aromatic heterocycles. The summed E-state index contributed by atoms with van der Waals surface area (Å²) in [6.07, 6.45) is 8.13. The highest BCUT2D eigenvalue weighted by molar-refractivity contribution is 5.25. The Morgan fingerprint density at radius 2 is 0.941 bits per heavy atom. The van der Waals surface area contributed by atoms with E-state index in [1.54, 1.807) is 0 Å². The van der Waals surface area contributed by atoms with Crippen molar-refractivity contribution in [3.05, 3.63) is 35.4 Å². The van der Waals surface area contributed by atoms with Crippen LogP contribution in [0.25, 0.3) is 0 Å². The molecule has 198 valence electrons. The second-order valence-corrected chi connectivity index (χ2v) is 9.32. The van der Waals surface area contributed by atoms with Crippen molar-refractivity contribution in [1.82, 2.24) is 21.3 Å². The summed E-state index contributed by atoms with van der Waals surface area (Å²) in [5.74, 6) is 0. The van der Waals surface area contributed by atoms with Crippen LogP contribution in [-0.2, 0) is 12.8 Å². The SMILES string of the molecule is NCCCNCCCNCCC(N)Cc1cccc(CC(N)CCNCCCNCCCN)c1. The topological polar surface area (TPSA) is 152 Å². The molecule has 0 fully saturated rings. The average Bonchev–Trinajstić information content (AvgIpc) is 2.82. The largest absolute Gasteiger partial charge is 0.330 e. The second kappa shape index (κ2) is 22.4. The molecule has 34 heavy (non-hydrogen) atoms. The molecule has 8 heteroatoms. The van der Waals surface area contributed by atoms with E-state index in [-0.39, 0.29) is 12.1 Å². The van der Waals surface area contributed by atoms with Crippen LogP contribution in [0.3, 0.4) is 0 Å². The average molecular weight is 479 g/mol. The van der Waals surface area contributed by atoms with Crippen molar-refractivity contribution < 1.29 is 0 Å². The van der Waals surface area contributed by atoms with E-state index in [0.29, 0.717) is 0 Å². The summed E-state index contributed by atoms with van der Waals surface area (Å²) >= 11 is 0. The van der Waals surface area contributed by atoms with Gasteiger partial charge in [-0.25, -0.2) is 0 Å². The third-order valence-corrected chi connectivity index (χ3v) is 5.90. The van der Waals surface area contributed by atoms with Gasteiger partial charge in [0.15, 0.2) is 0 Å². The van der Waals surface area contributed by atoms with E-state index in [4.69, 9.17) is 22.9 Å². The molecule has 0 saturated carbocycles. The summed E-state index contributed by atoms with van der Waals surface area (Å²) in [5.41, 5.74) is 26.4. The smallest absolute Gasteiger partial charge is 0.00914 e. The minimum absolute atomic E-state index is 0.174. The van der Waals surface area contributed by atoms with Crippen LogP contribution in [0.1, 0.15) is 49.7 Å². The molecule has 0 amide bonds. The van der Waals surface area contributed by atoms with Crippen molar-refractivity contribution in [3.8, 4) is 0 Å². The van der Waals surface area contributed by atoms with Gasteiger partial charge in [-0.2, -0.15) is 0 Å². The lowest BCUT2D eigenvalue weighted by molar-refractivity contribution is 0.536. The van der Waals surface area contributed by atoms with Crippen LogP contribution in [0.15, 0.2) is 24.3 Å². The molecule has 1 rings (SSSR count). The number of nitrogens with two attached hydrogens (primary N) is 4. The van der Waals surface area contributed by atoms with Gasteiger partial charge in [0.05, 0.1) is 0 Å². The first kappa shape index (κ1) is 30.9. The monoisotopic (exact) mass is 478 g/mol. The van der Waals surface area contributed by atoms with Crippen LogP contribution in [0.2, 0.25) is 0 Å². The van der Waals surface area contributed by atoms with Gasteiger partial charge in [-0.15, -0.1) is 0 Å². The number of hydrogen-bond donors (Lipinski definition) is 8. The summed E-state index contributed by atoms with van der Waals surface area (Å²) in [7, 11) is 0.